The zero-order valence-corrected chi connectivity index (χ0v) is 21.2. The van der Waals surface area contributed by atoms with Gasteiger partial charge in [0.25, 0.3) is 0 Å². The van der Waals surface area contributed by atoms with E-state index in [0.717, 1.165) is 60.6 Å². The average Bonchev–Trinajstić information content (AvgIpc) is 2.81. The molecule has 0 amide bonds. The van der Waals surface area contributed by atoms with Gasteiger partial charge in [-0.25, -0.2) is 0 Å². The number of rotatable bonds is 10. The van der Waals surface area contributed by atoms with Crippen LogP contribution in [-0.4, -0.2) is 23.0 Å². The van der Waals surface area contributed by atoms with Crippen molar-refractivity contribution in [2.24, 2.45) is 0 Å². The minimum absolute atomic E-state index is 0.717. The van der Waals surface area contributed by atoms with E-state index in [1.165, 1.54) is 27.8 Å². The molecule has 0 radical (unpaired) electrons. The highest BCUT2D eigenvalue weighted by molar-refractivity contribution is 6.31. The zero-order chi connectivity index (χ0) is 23.9. The molecule has 1 heterocycles. The number of hydrogen-bond donors (Lipinski definition) is 1. The Balaban J connectivity index is 1.37. The second kappa shape index (κ2) is 11.5. The maximum atomic E-state index is 6.12. The summed E-state index contributed by atoms with van der Waals surface area (Å²) in [5, 5.41) is 5.43. The summed E-state index contributed by atoms with van der Waals surface area (Å²) < 4.78 is 0. The summed E-state index contributed by atoms with van der Waals surface area (Å²) in [5.74, 6) is 0. The number of fused-ring (bicyclic) bond motifs is 1. The molecule has 4 rings (SSSR count). The minimum Gasteiger partial charge on any atom is -0.384 e. The first-order valence-corrected chi connectivity index (χ1v) is 12.5. The second-order valence-corrected chi connectivity index (χ2v) is 9.66. The van der Waals surface area contributed by atoms with Crippen molar-refractivity contribution in [2.45, 2.75) is 46.7 Å². The Bertz CT molecular complexity index is 1210. The highest BCUT2D eigenvalue weighted by Gasteiger charge is 2.12. The summed E-state index contributed by atoms with van der Waals surface area (Å²) in [6, 6.07) is 23.3. The van der Waals surface area contributed by atoms with Gasteiger partial charge in [0.15, 0.2) is 0 Å². The van der Waals surface area contributed by atoms with E-state index >= 15 is 0 Å². The molecule has 1 N–H and O–H groups in total. The number of aromatic nitrogens is 1. The first kappa shape index (κ1) is 24.3. The van der Waals surface area contributed by atoms with E-state index in [4.69, 9.17) is 11.6 Å². The summed E-state index contributed by atoms with van der Waals surface area (Å²) in [7, 11) is 0. The van der Waals surface area contributed by atoms with Gasteiger partial charge >= 0.3 is 0 Å². The van der Waals surface area contributed by atoms with Crippen molar-refractivity contribution in [2.75, 3.05) is 18.4 Å². The SMILES string of the molecule is Cc1cc(C)c(CN(CCCCNc2ccnc3cc(Cl)ccc23)Cc2ccccc2)c(C)c1. The average molecular weight is 472 g/mol. The fourth-order valence-electron chi connectivity index (χ4n) is 4.70. The molecule has 0 saturated heterocycles. The van der Waals surface area contributed by atoms with Crippen LogP contribution in [0.25, 0.3) is 10.9 Å². The number of hydrogen-bond acceptors (Lipinski definition) is 3. The Hall–Kier alpha value is -2.88. The maximum absolute atomic E-state index is 6.12. The van der Waals surface area contributed by atoms with Crippen LogP contribution >= 0.6 is 11.6 Å². The van der Waals surface area contributed by atoms with Crippen molar-refractivity contribution in [3.05, 3.63) is 106 Å². The number of pyridine rings is 1. The van der Waals surface area contributed by atoms with Crippen molar-refractivity contribution in [1.29, 1.82) is 0 Å². The van der Waals surface area contributed by atoms with E-state index in [2.05, 4.69) is 78.4 Å². The lowest BCUT2D eigenvalue weighted by molar-refractivity contribution is 0.251. The van der Waals surface area contributed by atoms with E-state index < -0.39 is 0 Å². The van der Waals surface area contributed by atoms with Crippen molar-refractivity contribution in [3.63, 3.8) is 0 Å². The molecule has 0 aliphatic carbocycles. The van der Waals surface area contributed by atoms with Gasteiger partial charge in [-0.3, -0.25) is 9.88 Å². The molecule has 0 unspecified atom stereocenters. The molecule has 0 aliphatic rings. The fourth-order valence-corrected chi connectivity index (χ4v) is 4.86. The van der Waals surface area contributed by atoms with Crippen LogP contribution in [0.5, 0.6) is 0 Å². The second-order valence-electron chi connectivity index (χ2n) is 9.23. The highest BCUT2D eigenvalue weighted by Crippen LogP contribution is 2.24. The lowest BCUT2D eigenvalue weighted by Crippen LogP contribution is -2.25. The number of nitrogens with zero attached hydrogens (tertiary/aromatic N) is 2. The van der Waals surface area contributed by atoms with Gasteiger partial charge in [-0.1, -0.05) is 59.6 Å². The largest absolute Gasteiger partial charge is 0.384 e. The molecule has 0 fully saturated rings. The first-order chi connectivity index (χ1) is 16.5. The van der Waals surface area contributed by atoms with Gasteiger partial charge < -0.3 is 5.32 Å². The molecule has 4 heteroatoms. The monoisotopic (exact) mass is 471 g/mol. The molecule has 0 bridgehead atoms. The quantitative estimate of drug-likeness (QED) is 0.240. The Labute approximate surface area is 208 Å². The summed E-state index contributed by atoms with van der Waals surface area (Å²) >= 11 is 6.12. The third kappa shape index (κ3) is 6.37. The number of aryl methyl sites for hydroxylation is 3. The number of unbranched alkanes of at least 4 members (excludes halogenated alkanes) is 1. The van der Waals surface area contributed by atoms with Gasteiger partial charge in [0.2, 0.25) is 0 Å². The van der Waals surface area contributed by atoms with Gasteiger partial charge in [0.05, 0.1) is 5.52 Å². The van der Waals surface area contributed by atoms with Crippen LogP contribution in [0.1, 0.15) is 40.7 Å². The predicted octanol–water partition coefficient (Wildman–Crippen LogP) is 7.71. The number of benzene rings is 3. The van der Waals surface area contributed by atoms with Crippen LogP contribution < -0.4 is 5.32 Å². The van der Waals surface area contributed by atoms with E-state index in [0.29, 0.717) is 0 Å². The molecule has 3 aromatic carbocycles. The highest BCUT2D eigenvalue weighted by atomic mass is 35.5. The van der Waals surface area contributed by atoms with Gasteiger partial charge in [-0.2, -0.15) is 0 Å². The molecule has 0 saturated carbocycles. The number of anilines is 1. The molecule has 1 aromatic heterocycles. The lowest BCUT2D eigenvalue weighted by Gasteiger charge is -2.25. The summed E-state index contributed by atoms with van der Waals surface area (Å²) in [4.78, 5) is 7.03. The van der Waals surface area contributed by atoms with Crippen LogP contribution in [0.4, 0.5) is 5.69 Å². The molecule has 4 aromatic rings. The Kier molecular flexibility index (Phi) is 8.21. The zero-order valence-electron chi connectivity index (χ0n) is 20.4. The normalized spacial score (nSPS) is 11.3. The van der Waals surface area contributed by atoms with Crippen LogP contribution in [-0.2, 0) is 13.1 Å². The van der Waals surface area contributed by atoms with Crippen LogP contribution in [0.3, 0.4) is 0 Å². The van der Waals surface area contributed by atoms with Gasteiger partial charge in [0, 0.05) is 41.9 Å². The molecule has 176 valence electrons. The molecule has 34 heavy (non-hydrogen) atoms. The van der Waals surface area contributed by atoms with E-state index in [-0.39, 0.29) is 0 Å². The van der Waals surface area contributed by atoms with E-state index in [9.17, 15) is 0 Å². The molecule has 0 aliphatic heterocycles. The third-order valence-electron chi connectivity index (χ3n) is 6.39. The molecule has 0 spiro atoms. The molecule has 0 atom stereocenters. The first-order valence-electron chi connectivity index (χ1n) is 12.1. The molecular formula is C30H34ClN3. The molecular weight excluding hydrogens is 438 g/mol. The van der Waals surface area contributed by atoms with Crippen molar-refractivity contribution >= 4 is 28.2 Å². The topological polar surface area (TPSA) is 28.2 Å². The van der Waals surface area contributed by atoms with Crippen molar-refractivity contribution < 1.29 is 0 Å². The Morgan fingerprint density at radius 3 is 2.38 bits per heavy atom. The van der Waals surface area contributed by atoms with Gasteiger partial charge in [-0.05, 0) is 86.7 Å². The van der Waals surface area contributed by atoms with Gasteiger partial charge in [0.1, 0.15) is 0 Å². The minimum atomic E-state index is 0.717. The summed E-state index contributed by atoms with van der Waals surface area (Å²) in [6.45, 7) is 10.6. The number of halogens is 1. The smallest absolute Gasteiger partial charge is 0.0737 e. The van der Waals surface area contributed by atoms with Crippen molar-refractivity contribution in [1.82, 2.24) is 9.88 Å². The van der Waals surface area contributed by atoms with Crippen LogP contribution in [0.2, 0.25) is 5.02 Å². The predicted molar refractivity (Wildman–Crippen MR) is 146 cm³/mol. The van der Waals surface area contributed by atoms with E-state index in [1.54, 1.807) is 0 Å². The summed E-state index contributed by atoms with van der Waals surface area (Å²) in [6.07, 6.45) is 4.09. The maximum Gasteiger partial charge on any atom is 0.0737 e. The summed E-state index contributed by atoms with van der Waals surface area (Å²) in [5.41, 5.74) is 8.99. The third-order valence-corrected chi connectivity index (χ3v) is 6.63. The Morgan fingerprint density at radius 1 is 0.853 bits per heavy atom. The fraction of sp³-hybridized carbons (Fsp3) is 0.300. The lowest BCUT2D eigenvalue weighted by atomic mass is 9.99. The number of nitrogens with one attached hydrogen (secondary N) is 1. The standard InChI is InChI=1S/C30H34ClN3/c1-22-17-23(2)28(24(3)18-22)21-34(20-25-9-5-4-6-10-25)16-8-7-14-32-29-13-15-33-30-19-26(31)11-12-27(29)30/h4-6,9-13,15,17-19H,7-8,14,16,20-21H2,1-3H3,(H,32,33). The van der Waals surface area contributed by atoms with Crippen LogP contribution in [0.15, 0.2) is 72.9 Å². The van der Waals surface area contributed by atoms with Gasteiger partial charge in [-0.15, -0.1) is 0 Å². The van der Waals surface area contributed by atoms with Crippen LogP contribution in [0, 0.1) is 20.8 Å². The molecule has 3 nitrogen and oxygen atoms in total. The van der Waals surface area contributed by atoms with E-state index in [1.807, 2.05) is 30.5 Å². The van der Waals surface area contributed by atoms with Crippen molar-refractivity contribution in [3.8, 4) is 0 Å². The Morgan fingerprint density at radius 2 is 1.62 bits per heavy atom.